The first-order chi connectivity index (χ1) is 11.6. The molecule has 0 radical (unpaired) electrons. The van der Waals surface area contributed by atoms with E-state index in [-0.39, 0.29) is 11.9 Å². The number of halogens is 1. The second kappa shape index (κ2) is 7.62. The molecule has 3 rings (SSSR count). The Morgan fingerprint density at radius 2 is 1.83 bits per heavy atom. The zero-order valence-electron chi connectivity index (χ0n) is 14.7. The zero-order chi connectivity index (χ0) is 17.1. The topological polar surface area (TPSA) is 26.8 Å². The summed E-state index contributed by atoms with van der Waals surface area (Å²) in [5.74, 6) is 0.106. The average Bonchev–Trinajstić information content (AvgIpc) is 3.03. The van der Waals surface area contributed by atoms with Crippen LogP contribution in [0.1, 0.15) is 37.8 Å². The molecular formula is C19H28FN3O. The van der Waals surface area contributed by atoms with Gasteiger partial charge in [0.2, 0.25) is 5.91 Å². The Balaban J connectivity index is 1.59. The molecule has 2 aliphatic rings. The first-order valence-corrected chi connectivity index (χ1v) is 9.08. The fourth-order valence-corrected chi connectivity index (χ4v) is 4.08. The molecule has 132 valence electrons. The average molecular weight is 333 g/mol. The first-order valence-electron chi connectivity index (χ1n) is 9.08. The number of piperazine rings is 1. The number of nitrogens with zero attached hydrogens (tertiary/aromatic N) is 3. The summed E-state index contributed by atoms with van der Waals surface area (Å²) in [6.07, 6.45) is 3.10. The van der Waals surface area contributed by atoms with Crippen LogP contribution in [0.25, 0.3) is 0 Å². The zero-order valence-corrected chi connectivity index (χ0v) is 14.7. The van der Waals surface area contributed by atoms with E-state index in [9.17, 15) is 9.18 Å². The van der Waals surface area contributed by atoms with E-state index in [0.29, 0.717) is 11.9 Å². The van der Waals surface area contributed by atoms with Crippen LogP contribution < -0.4 is 0 Å². The molecule has 0 unspecified atom stereocenters. The number of benzene rings is 1. The molecule has 5 heteroatoms. The smallest absolute Gasteiger partial charge is 0.240 e. The van der Waals surface area contributed by atoms with Crippen LogP contribution in [-0.4, -0.2) is 66.4 Å². The van der Waals surface area contributed by atoms with E-state index in [1.54, 1.807) is 0 Å². The minimum Gasteiger partial charge on any atom is -0.339 e. The van der Waals surface area contributed by atoms with E-state index in [2.05, 4.69) is 16.7 Å². The van der Waals surface area contributed by atoms with Gasteiger partial charge < -0.3 is 4.90 Å². The molecular weight excluding hydrogens is 305 g/mol. The van der Waals surface area contributed by atoms with Gasteiger partial charge >= 0.3 is 0 Å². The van der Waals surface area contributed by atoms with Gasteiger partial charge in [-0.25, -0.2) is 4.39 Å². The number of carbonyl (C=O) groups is 1. The SMILES string of the molecule is CC[C@@H](c1ccc(F)cc1)N1CCN(C(=O)[C@@H]2CCCN2C)CC1. The summed E-state index contributed by atoms with van der Waals surface area (Å²) < 4.78 is 13.2. The Morgan fingerprint density at radius 3 is 2.38 bits per heavy atom. The Labute approximate surface area is 144 Å². The highest BCUT2D eigenvalue weighted by Crippen LogP contribution is 2.26. The van der Waals surface area contributed by atoms with Crippen molar-refractivity contribution in [1.29, 1.82) is 0 Å². The van der Waals surface area contributed by atoms with Gasteiger partial charge in [-0.3, -0.25) is 14.6 Å². The van der Waals surface area contributed by atoms with E-state index in [4.69, 9.17) is 0 Å². The van der Waals surface area contributed by atoms with Crippen molar-refractivity contribution in [2.45, 2.75) is 38.3 Å². The summed E-state index contributed by atoms with van der Waals surface area (Å²) in [5, 5.41) is 0. The monoisotopic (exact) mass is 333 g/mol. The normalized spacial score (nSPS) is 24.3. The van der Waals surface area contributed by atoms with Gasteiger partial charge in [0, 0.05) is 32.2 Å². The third-order valence-electron chi connectivity index (χ3n) is 5.51. The van der Waals surface area contributed by atoms with Crippen molar-refractivity contribution in [2.24, 2.45) is 0 Å². The second-order valence-corrected chi connectivity index (χ2v) is 6.98. The maximum Gasteiger partial charge on any atom is 0.240 e. The van der Waals surface area contributed by atoms with Crippen LogP contribution in [0.4, 0.5) is 4.39 Å². The molecule has 0 N–H and O–H groups in total. The Bertz CT molecular complexity index is 554. The Hall–Kier alpha value is -1.46. The van der Waals surface area contributed by atoms with Crippen LogP contribution in [0, 0.1) is 5.82 Å². The summed E-state index contributed by atoms with van der Waals surface area (Å²) in [7, 11) is 2.05. The summed E-state index contributed by atoms with van der Waals surface area (Å²) in [4.78, 5) is 19.3. The molecule has 0 aliphatic carbocycles. The Morgan fingerprint density at radius 1 is 1.17 bits per heavy atom. The lowest BCUT2D eigenvalue weighted by molar-refractivity contribution is -0.137. The number of amides is 1. The first kappa shape index (κ1) is 17.4. The molecule has 24 heavy (non-hydrogen) atoms. The van der Waals surface area contributed by atoms with E-state index in [1.807, 2.05) is 24.1 Å². The summed E-state index contributed by atoms with van der Waals surface area (Å²) in [6.45, 7) is 6.55. The van der Waals surface area contributed by atoms with Gasteiger partial charge in [0.25, 0.3) is 0 Å². The molecule has 0 bridgehead atoms. The van der Waals surface area contributed by atoms with Gasteiger partial charge in [0.15, 0.2) is 0 Å². The molecule has 2 saturated heterocycles. The molecule has 0 aromatic heterocycles. The van der Waals surface area contributed by atoms with Gasteiger partial charge in [0.1, 0.15) is 5.82 Å². The largest absolute Gasteiger partial charge is 0.339 e. The number of rotatable bonds is 4. The Kier molecular flexibility index (Phi) is 5.51. The van der Waals surface area contributed by atoms with Crippen molar-refractivity contribution in [1.82, 2.24) is 14.7 Å². The third-order valence-corrected chi connectivity index (χ3v) is 5.51. The maximum atomic E-state index is 13.2. The fourth-order valence-electron chi connectivity index (χ4n) is 4.08. The van der Waals surface area contributed by atoms with Crippen molar-refractivity contribution in [3.8, 4) is 0 Å². The predicted molar refractivity (Wildman–Crippen MR) is 93.2 cm³/mol. The molecule has 2 heterocycles. The molecule has 1 aromatic carbocycles. The maximum absolute atomic E-state index is 13.2. The lowest BCUT2D eigenvalue weighted by Gasteiger charge is -2.40. The fraction of sp³-hybridized carbons (Fsp3) is 0.632. The molecule has 1 amide bonds. The van der Waals surface area contributed by atoms with Gasteiger partial charge in [-0.15, -0.1) is 0 Å². The van der Waals surface area contributed by atoms with Gasteiger partial charge in [-0.05, 0) is 50.6 Å². The lowest BCUT2D eigenvalue weighted by atomic mass is 10.0. The highest BCUT2D eigenvalue weighted by atomic mass is 19.1. The van der Waals surface area contributed by atoms with Crippen molar-refractivity contribution in [3.05, 3.63) is 35.6 Å². The standard InChI is InChI=1S/C19H28FN3O/c1-3-17(15-6-8-16(20)9-7-15)22-11-13-23(14-12-22)19(24)18-5-4-10-21(18)2/h6-9,17-18H,3-5,10-14H2,1-2H3/t17-,18-/m0/s1. The number of likely N-dealkylation sites (tertiary alicyclic amines) is 1. The van der Waals surface area contributed by atoms with Crippen molar-refractivity contribution >= 4 is 5.91 Å². The summed E-state index contributed by atoms with van der Waals surface area (Å²) >= 11 is 0. The van der Waals surface area contributed by atoms with Crippen LogP contribution >= 0.6 is 0 Å². The quantitative estimate of drug-likeness (QED) is 0.847. The predicted octanol–water partition coefficient (Wildman–Crippen LogP) is 2.52. The summed E-state index contributed by atoms with van der Waals surface area (Å²) in [6, 6.07) is 7.22. The number of carbonyl (C=O) groups excluding carboxylic acids is 1. The third kappa shape index (κ3) is 3.62. The molecule has 1 aromatic rings. The van der Waals surface area contributed by atoms with Gasteiger partial charge in [0.05, 0.1) is 6.04 Å². The van der Waals surface area contributed by atoms with Crippen LogP contribution in [0.15, 0.2) is 24.3 Å². The molecule has 2 fully saturated rings. The highest BCUT2D eigenvalue weighted by molar-refractivity contribution is 5.82. The minimum atomic E-state index is -0.190. The molecule has 4 nitrogen and oxygen atoms in total. The van der Waals surface area contributed by atoms with Crippen LogP contribution in [0.5, 0.6) is 0 Å². The lowest BCUT2D eigenvalue weighted by Crippen LogP contribution is -2.53. The van der Waals surface area contributed by atoms with Crippen LogP contribution in [0.2, 0.25) is 0 Å². The van der Waals surface area contributed by atoms with E-state index < -0.39 is 0 Å². The van der Waals surface area contributed by atoms with Crippen molar-refractivity contribution in [3.63, 3.8) is 0 Å². The number of hydrogen-bond acceptors (Lipinski definition) is 3. The highest BCUT2D eigenvalue weighted by Gasteiger charge is 2.33. The van der Waals surface area contributed by atoms with Crippen molar-refractivity contribution in [2.75, 3.05) is 39.8 Å². The van der Waals surface area contributed by atoms with Crippen LogP contribution in [0.3, 0.4) is 0 Å². The van der Waals surface area contributed by atoms with Crippen LogP contribution in [-0.2, 0) is 4.79 Å². The molecule has 0 spiro atoms. The second-order valence-electron chi connectivity index (χ2n) is 6.98. The van der Waals surface area contributed by atoms with E-state index in [1.165, 1.54) is 12.1 Å². The van der Waals surface area contributed by atoms with E-state index in [0.717, 1.165) is 57.5 Å². The molecule has 2 atom stereocenters. The summed E-state index contributed by atoms with van der Waals surface area (Å²) in [5.41, 5.74) is 1.16. The number of likely N-dealkylation sites (N-methyl/N-ethyl adjacent to an activating group) is 1. The minimum absolute atomic E-state index is 0.0793. The van der Waals surface area contributed by atoms with Gasteiger partial charge in [-0.1, -0.05) is 19.1 Å². The number of hydrogen-bond donors (Lipinski definition) is 0. The van der Waals surface area contributed by atoms with E-state index >= 15 is 0 Å². The van der Waals surface area contributed by atoms with Gasteiger partial charge in [-0.2, -0.15) is 0 Å². The molecule has 0 saturated carbocycles. The van der Waals surface area contributed by atoms with Crippen molar-refractivity contribution < 1.29 is 9.18 Å². The molecule has 2 aliphatic heterocycles.